The van der Waals surface area contributed by atoms with E-state index < -0.39 is 0 Å². The van der Waals surface area contributed by atoms with Gasteiger partial charge in [-0.05, 0) is 44.3 Å². The van der Waals surface area contributed by atoms with Crippen molar-refractivity contribution in [2.24, 2.45) is 5.92 Å². The zero-order chi connectivity index (χ0) is 15.4. The highest BCUT2D eigenvalue weighted by Gasteiger charge is 2.30. The molecule has 2 fully saturated rings. The highest BCUT2D eigenvalue weighted by Crippen LogP contribution is 2.25. The lowest BCUT2D eigenvalue weighted by molar-refractivity contribution is 0.0261. The summed E-state index contributed by atoms with van der Waals surface area (Å²) in [4.78, 5) is 5.01. The van der Waals surface area contributed by atoms with Crippen molar-refractivity contribution in [2.45, 2.75) is 50.8 Å². The number of benzene rings is 1. The quantitative estimate of drug-likeness (QED) is 0.906. The Morgan fingerprint density at radius 2 is 1.91 bits per heavy atom. The van der Waals surface area contributed by atoms with E-state index in [-0.39, 0.29) is 6.10 Å². The second-order valence-electron chi connectivity index (χ2n) is 7.23. The smallest absolute Gasteiger partial charge is 0.0695 e. The largest absolute Gasteiger partial charge is 0.391 e. The van der Waals surface area contributed by atoms with Crippen LogP contribution in [-0.4, -0.2) is 53.7 Å². The fourth-order valence-corrected chi connectivity index (χ4v) is 4.20. The number of nitrogens with zero attached hydrogens (tertiary/aromatic N) is 2. The first-order valence-corrected chi connectivity index (χ1v) is 8.87. The molecule has 2 aliphatic rings. The van der Waals surface area contributed by atoms with Gasteiger partial charge in [0.05, 0.1) is 6.10 Å². The average molecular weight is 302 g/mol. The van der Waals surface area contributed by atoms with Crippen LogP contribution in [0.5, 0.6) is 0 Å². The first-order chi connectivity index (χ1) is 10.7. The maximum Gasteiger partial charge on any atom is 0.0695 e. The zero-order valence-electron chi connectivity index (χ0n) is 13.8. The normalized spacial score (nSPS) is 30.0. The van der Waals surface area contributed by atoms with Crippen molar-refractivity contribution >= 4 is 0 Å². The van der Waals surface area contributed by atoms with Gasteiger partial charge in [-0.2, -0.15) is 0 Å². The van der Waals surface area contributed by atoms with Crippen LogP contribution in [0.4, 0.5) is 0 Å². The summed E-state index contributed by atoms with van der Waals surface area (Å²) in [7, 11) is 2.21. The molecular formula is C19H30N2O. The molecule has 0 amide bonds. The Morgan fingerprint density at radius 1 is 1.14 bits per heavy atom. The van der Waals surface area contributed by atoms with Gasteiger partial charge in [0.25, 0.3) is 0 Å². The molecule has 1 aliphatic carbocycles. The van der Waals surface area contributed by atoms with Crippen molar-refractivity contribution in [1.82, 2.24) is 9.80 Å². The maximum absolute atomic E-state index is 10.2. The van der Waals surface area contributed by atoms with Gasteiger partial charge in [-0.1, -0.05) is 43.2 Å². The van der Waals surface area contributed by atoms with E-state index in [9.17, 15) is 5.11 Å². The predicted octanol–water partition coefficient (Wildman–Crippen LogP) is 2.74. The molecule has 1 saturated heterocycles. The summed E-state index contributed by atoms with van der Waals surface area (Å²) in [5.41, 5.74) is 1.42. The number of aliphatic hydroxyl groups excluding tert-OH is 1. The molecule has 1 aromatic carbocycles. The lowest BCUT2D eigenvalue weighted by Gasteiger charge is -2.36. The van der Waals surface area contributed by atoms with Gasteiger partial charge in [-0.15, -0.1) is 0 Å². The minimum atomic E-state index is -0.111. The van der Waals surface area contributed by atoms with Crippen molar-refractivity contribution in [3.63, 3.8) is 0 Å². The van der Waals surface area contributed by atoms with Crippen LogP contribution in [0.2, 0.25) is 0 Å². The van der Waals surface area contributed by atoms with Gasteiger partial charge in [0.2, 0.25) is 0 Å². The van der Waals surface area contributed by atoms with Crippen molar-refractivity contribution in [2.75, 3.05) is 26.7 Å². The molecule has 22 heavy (non-hydrogen) atoms. The van der Waals surface area contributed by atoms with E-state index in [0.29, 0.717) is 6.04 Å². The van der Waals surface area contributed by atoms with Crippen LogP contribution in [-0.2, 0) is 6.54 Å². The van der Waals surface area contributed by atoms with E-state index in [1.54, 1.807) is 0 Å². The fraction of sp³-hybridized carbons (Fsp3) is 0.684. The Kier molecular flexibility index (Phi) is 5.51. The van der Waals surface area contributed by atoms with Crippen LogP contribution in [0.25, 0.3) is 0 Å². The third-order valence-corrected chi connectivity index (χ3v) is 5.43. The van der Waals surface area contributed by atoms with Crippen LogP contribution in [0.15, 0.2) is 30.3 Å². The average Bonchev–Trinajstić information content (AvgIpc) is 2.95. The summed E-state index contributed by atoms with van der Waals surface area (Å²) in [6.45, 7) is 4.61. The van der Waals surface area contributed by atoms with Crippen molar-refractivity contribution < 1.29 is 5.11 Å². The highest BCUT2D eigenvalue weighted by molar-refractivity contribution is 5.14. The summed E-state index contributed by atoms with van der Waals surface area (Å²) < 4.78 is 0. The number of likely N-dealkylation sites (tertiary alicyclic amines) is 1. The first-order valence-electron chi connectivity index (χ1n) is 8.87. The third-order valence-electron chi connectivity index (χ3n) is 5.43. The molecule has 0 spiro atoms. The fourth-order valence-electron chi connectivity index (χ4n) is 4.20. The lowest BCUT2D eigenvalue weighted by Crippen LogP contribution is -2.45. The zero-order valence-corrected chi connectivity index (χ0v) is 13.8. The van der Waals surface area contributed by atoms with E-state index in [1.165, 1.54) is 37.9 Å². The molecule has 122 valence electrons. The first kappa shape index (κ1) is 16.0. The van der Waals surface area contributed by atoms with E-state index in [4.69, 9.17) is 0 Å². The van der Waals surface area contributed by atoms with Crippen molar-refractivity contribution in [3.8, 4) is 0 Å². The molecule has 1 saturated carbocycles. The van der Waals surface area contributed by atoms with E-state index in [0.717, 1.165) is 31.8 Å². The molecule has 1 aromatic rings. The van der Waals surface area contributed by atoms with Gasteiger partial charge < -0.3 is 10.0 Å². The Bertz CT molecular complexity index is 450. The second kappa shape index (κ2) is 7.58. The van der Waals surface area contributed by atoms with E-state index in [2.05, 4.69) is 47.2 Å². The second-order valence-corrected chi connectivity index (χ2v) is 7.23. The molecule has 1 aliphatic heterocycles. The summed E-state index contributed by atoms with van der Waals surface area (Å²) >= 11 is 0. The summed E-state index contributed by atoms with van der Waals surface area (Å²) in [6.07, 6.45) is 5.80. The lowest BCUT2D eigenvalue weighted by atomic mass is 9.91. The number of likely N-dealkylation sites (N-methyl/N-ethyl adjacent to an activating group) is 1. The number of rotatable bonds is 5. The van der Waals surface area contributed by atoms with Gasteiger partial charge in [0, 0.05) is 25.7 Å². The van der Waals surface area contributed by atoms with Crippen LogP contribution < -0.4 is 0 Å². The summed E-state index contributed by atoms with van der Waals surface area (Å²) in [5.74, 6) is 0.753. The Hall–Kier alpha value is -0.900. The van der Waals surface area contributed by atoms with Gasteiger partial charge in [0.15, 0.2) is 0 Å². The minimum absolute atomic E-state index is 0.111. The predicted molar refractivity (Wildman–Crippen MR) is 90.7 cm³/mol. The maximum atomic E-state index is 10.2. The topological polar surface area (TPSA) is 26.7 Å². The monoisotopic (exact) mass is 302 g/mol. The van der Waals surface area contributed by atoms with Crippen molar-refractivity contribution in [1.29, 1.82) is 0 Å². The van der Waals surface area contributed by atoms with Gasteiger partial charge >= 0.3 is 0 Å². The molecule has 1 heterocycles. The van der Waals surface area contributed by atoms with Gasteiger partial charge in [0.1, 0.15) is 0 Å². The van der Waals surface area contributed by atoms with Crippen LogP contribution in [0.3, 0.4) is 0 Å². The Balaban J connectivity index is 1.46. The molecule has 0 aromatic heterocycles. The molecule has 3 nitrogen and oxygen atoms in total. The molecule has 1 N–H and O–H groups in total. The van der Waals surface area contributed by atoms with Gasteiger partial charge in [-0.25, -0.2) is 0 Å². The van der Waals surface area contributed by atoms with Gasteiger partial charge in [-0.3, -0.25) is 4.90 Å². The van der Waals surface area contributed by atoms with Crippen molar-refractivity contribution in [3.05, 3.63) is 35.9 Å². The Labute approximate surface area is 134 Å². The molecule has 3 atom stereocenters. The van der Waals surface area contributed by atoms with Crippen LogP contribution >= 0.6 is 0 Å². The summed E-state index contributed by atoms with van der Waals surface area (Å²) in [6, 6.07) is 11.2. The SMILES string of the molecule is CN(CC1CCN(Cc2ccccc2)C1)C1CCCCC1O. The standard InChI is InChI=1S/C19H30N2O/c1-20(18-9-5-6-10-19(18)22)13-17-11-12-21(15-17)14-16-7-3-2-4-8-16/h2-4,7-8,17-19,22H,5-6,9-15H2,1H3. The third kappa shape index (κ3) is 4.09. The van der Waals surface area contributed by atoms with E-state index >= 15 is 0 Å². The molecule has 3 rings (SSSR count). The minimum Gasteiger partial charge on any atom is -0.391 e. The number of hydrogen-bond donors (Lipinski definition) is 1. The molecule has 3 unspecified atom stereocenters. The number of aliphatic hydroxyl groups is 1. The van der Waals surface area contributed by atoms with E-state index in [1.807, 2.05) is 0 Å². The molecule has 3 heteroatoms. The van der Waals surface area contributed by atoms with Crippen LogP contribution in [0.1, 0.15) is 37.7 Å². The highest BCUT2D eigenvalue weighted by atomic mass is 16.3. The van der Waals surface area contributed by atoms with Crippen LogP contribution in [0, 0.1) is 5.92 Å². The molecular weight excluding hydrogens is 272 g/mol. The molecule has 0 bridgehead atoms. The summed E-state index contributed by atoms with van der Waals surface area (Å²) in [5, 5.41) is 10.2. The molecule has 0 radical (unpaired) electrons. The number of hydrogen-bond acceptors (Lipinski definition) is 3. The Morgan fingerprint density at radius 3 is 2.68 bits per heavy atom.